The molecule has 0 aromatic carbocycles. The molecule has 5 unspecified atom stereocenters. The minimum atomic E-state index is -0.437. The van der Waals surface area contributed by atoms with Crippen molar-refractivity contribution in [2.24, 2.45) is 22.9 Å². The van der Waals surface area contributed by atoms with Crippen molar-refractivity contribution in [1.29, 1.82) is 0 Å². The summed E-state index contributed by atoms with van der Waals surface area (Å²) in [6.07, 6.45) is 5.76. The fourth-order valence-electron chi connectivity index (χ4n) is 6.01. The number of urea groups is 1. The molecule has 2 amide bonds. The third-order valence-electron chi connectivity index (χ3n) is 7.51. The molecular formula is C19H28N4O5. The average Bonchev–Trinajstić information content (AvgIpc) is 3.19. The summed E-state index contributed by atoms with van der Waals surface area (Å²) >= 11 is 0. The number of rotatable bonds is 2. The minimum absolute atomic E-state index is 0.0344. The maximum atomic E-state index is 12.7. The van der Waals surface area contributed by atoms with Gasteiger partial charge in [-0.15, -0.1) is 0 Å². The van der Waals surface area contributed by atoms with Crippen molar-refractivity contribution in [3.05, 3.63) is 10.1 Å². The Morgan fingerprint density at radius 3 is 2.54 bits per heavy atom. The summed E-state index contributed by atoms with van der Waals surface area (Å²) in [7, 11) is 1.83. The Morgan fingerprint density at radius 1 is 1.11 bits per heavy atom. The van der Waals surface area contributed by atoms with Crippen molar-refractivity contribution in [2.75, 3.05) is 20.4 Å². The molecule has 5 rings (SSSR count). The Bertz CT molecular complexity index is 692. The van der Waals surface area contributed by atoms with Gasteiger partial charge in [-0.3, -0.25) is 10.1 Å². The predicted octanol–water partition coefficient (Wildman–Crippen LogP) is 2.09. The zero-order valence-electron chi connectivity index (χ0n) is 16.2. The van der Waals surface area contributed by atoms with Gasteiger partial charge in [0.25, 0.3) is 0 Å². The molecule has 28 heavy (non-hydrogen) atoms. The van der Waals surface area contributed by atoms with Gasteiger partial charge in [0.2, 0.25) is 6.04 Å². The Labute approximate surface area is 164 Å². The van der Waals surface area contributed by atoms with Crippen molar-refractivity contribution >= 4 is 11.7 Å². The van der Waals surface area contributed by atoms with Crippen LogP contribution in [0.25, 0.3) is 0 Å². The second kappa shape index (κ2) is 6.95. The number of carbonyl (C=O) groups is 1. The molecule has 0 bridgehead atoms. The summed E-state index contributed by atoms with van der Waals surface area (Å²) in [5.74, 6) is 0.924. The molecular weight excluding hydrogens is 364 g/mol. The zero-order chi connectivity index (χ0) is 19.4. The van der Waals surface area contributed by atoms with Crippen LogP contribution in [-0.2, 0) is 9.47 Å². The van der Waals surface area contributed by atoms with Gasteiger partial charge in [-0.2, -0.15) is 5.10 Å². The van der Waals surface area contributed by atoms with Crippen LogP contribution in [0.15, 0.2) is 5.10 Å². The van der Waals surface area contributed by atoms with E-state index in [4.69, 9.17) is 14.6 Å². The summed E-state index contributed by atoms with van der Waals surface area (Å²) in [6.45, 7) is 1.07. The molecule has 5 aliphatic rings. The average molecular weight is 392 g/mol. The molecule has 5 atom stereocenters. The summed E-state index contributed by atoms with van der Waals surface area (Å²) in [5.41, 5.74) is 1.09. The van der Waals surface area contributed by atoms with Crippen LogP contribution in [-0.4, -0.2) is 71.3 Å². The Hall–Kier alpha value is -1.74. The summed E-state index contributed by atoms with van der Waals surface area (Å²) in [4.78, 5) is 25.4. The van der Waals surface area contributed by atoms with Gasteiger partial charge in [-0.25, -0.2) is 9.80 Å². The summed E-state index contributed by atoms with van der Waals surface area (Å²) < 4.78 is 11.6. The first-order valence-corrected chi connectivity index (χ1v) is 10.5. The third kappa shape index (κ3) is 2.99. The number of fused-ring (bicyclic) bond motifs is 3. The Balaban J connectivity index is 1.44. The van der Waals surface area contributed by atoms with Crippen molar-refractivity contribution < 1.29 is 19.2 Å². The van der Waals surface area contributed by atoms with Gasteiger partial charge in [-0.1, -0.05) is 0 Å². The fraction of sp³-hybridized carbons (Fsp3) is 0.895. The highest BCUT2D eigenvalue weighted by molar-refractivity contribution is 5.91. The summed E-state index contributed by atoms with van der Waals surface area (Å²) in [5, 5.41) is 17.8. The number of carbonyl (C=O) groups excluding carboxylic acids is 1. The van der Waals surface area contributed by atoms with Gasteiger partial charge in [0.05, 0.1) is 18.2 Å². The largest absolute Gasteiger partial charge is 0.349 e. The number of nitrogens with zero attached hydrogens (tertiary/aromatic N) is 4. The molecule has 9 nitrogen and oxygen atoms in total. The van der Waals surface area contributed by atoms with E-state index in [0.717, 1.165) is 37.8 Å². The van der Waals surface area contributed by atoms with Crippen LogP contribution in [0.2, 0.25) is 0 Å². The predicted molar refractivity (Wildman–Crippen MR) is 99.3 cm³/mol. The van der Waals surface area contributed by atoms with Crippen LogP contribution in [0.3, 0.4) is 0 Å². The number of nitro groups is 1. The molecule has 2 saturated heterocycles. The van der Waals surface area contributed by atoms with Gasteiger partial charge < -0.3 is 14.4 Å². The number of ether oxygens (including phenoxy) is 2. The first-order valence-electron chi connectivity index (χ1n) is 10.5. The monoisotopic (exact) mass is 392 g/mol. The van der Waals surface area contributed by atoms with Crippen LogP contribution in [0, 0.1) is 27.9 Å². The van der Waals surface area contributed by atoms with E-state index in [1.54, 1.807) is 9.91 Å². The Kier molecular flexibility index (Phi) is 4.54. The van der Waals surface area contributed by atoms with Gasteiger partial charge in [0.1, 0.15) is 6.79 Å². The number of likely N-dealkylation sites (N-methyl/N-ethyl adjacent to an activating group) is 1. The van der Waals surface area contributed by atoms with E-state index in [2.05, 4.69) is 0 Å². The van der Waals surface area contributed by atoms with E-state index in [0.29, 0.717) is 32.1 Å². The quantitative estimate of drug-likeness (QED) is 0.529. The molecule has 2 saturated carbocycles. The lowest BCUT2D eigenvalue weighted by atomic mass is 9.67. The van der Waals surface area contributed by atoms with Gasteiger partial charge >= 0.3 is 6.03 Å². The molecule has 0 radical (unpaired) electrons. The Morgan fingerprint density at radius 2 is 1.82 bits per heavy atom. The van der Waals surface area contributed by atoms with Crippen LogP contribution >= 0.6 is 0 Å². The topological polar surface area (TPSA) is 97.5 Å². The molecule has 0 aromatic rings. The maximum Gasteiger partial charge on any atom is 0.340 e. The normalized spacial score (nSPS) is 43.1. The zero-order valence-corrected chi connectivity index (χ0v) is 16.2. The van der Waals surface area contributed by atoms with E-state index in [1.807, 2.05) is 7.05 Å². The SMILES string of the molecule is CN1CC2CC3CC4OCOC4CC3C(C3CCC([N+](=O)[O-])CC3)=NN2C1=O. The van der Waals surface area contributed by atoms with Gasteiger partial charge in [0, 0.05) is 43.0 Å². The second-order valence-corrected chi connectivity index (χ2v) is 9.08. The number of hydrogen-bond acceptors (Lipinski definition) is 6. The van der Waals surface area contributed by atoms with E-state index >= 15 is 0 Å². The van der Waals surface area contributed by atoms with Crippen molar-refractivity contribution in [3.8, 4) is 0 Å². The highest BCUT2D eigenvalue weighted by Gasteiger charge is 2.50. The lowest BCUT2D eigenvalue weighted by Crippen LogP contribution is -2.43. The first kappa shape index (κ1) is 18.3. The minimum Gasteiger partial charge on any atom is -0.349 e. The first-order chi connectivity index (χ1) is 13.5. The van der Waals surface area contributed by atoms with Crippen molar-refractivity contribution in [3.63, 3.8) is 0 Å². The van der Waals surface area contributed by atoms with E-state index in [1.165, 1.54) is 0 Å². The number of hydrogen-bond donors (Lipinski definition) is 0. The standard InChI is InChI=1S/C19H28N4O5/c1-21-9-14-6-12-7-16-17(28-10-27-16)8-15(12)18(20-22(14)19(21)24)11-2-4-13(5-3-11)23(25)26/h11-17H,2-10H2,1H3. The second-order valence-electron chi connectivity index (χ2n) is 9.08. The van der Waals surface area contributed by atoms with E-state index < -0.39 is 6.04 Å². The molecule has 2 aliphatic carbocycles. The molecule has 154 valence electrons. The number of amides is 2. The molecule has 4 fully saturated rings. The lowest BCUT2D eigenvalue weighted by molar-refractivity contribution is -0.526. The van der Waals surface area contributed by atoms with Crippen molar-refractivity contribution in [1.82, 2.24) is 9.91 Å². The van der Waals surface area contributed by atoms with E-state index in [9.17, 15) is 14.9 Å². The maximum absolute atomic E-state index is 12.7. The highest BCUT2D eigenvalue weighted by atomic mass is 16.7. The summed E-state index contributed by atoms with van der Waals surface area (Å²) in [6, 6.07) is -0.364. The molecule has 0 aromatic heterocycles. The fourth-order valence-corrected chi connectivity index (χ4v) is 6.01. The van der Waals surface area contributed by atoms with Crippen LogP contribution in [0.5, 0.6) is 0 Å². The molecule has 9 heteroatoms. The highest BCUT2D eigenvalue weighted by Crippen LogP contribution is 2.45. The number of hydrazone groups is 1. The molecule has 3 aliphatic heterocycles. The van der Waals surface area contributed by atoms with Crippen LogP contribution in [0.1, 0.15) is 44.9 Å². The lowest BCUT2D eigenvalue weighted by Gasteiger charge is -2.39. The third-order valence-corrected chi connectivity index (χ3v) is 7.51. The smallest absolute Gasteiger partial charge is 0.340 e. The molecule has 0 spiro atoms. The molecule has 3 heterocycles. The van der Waals surface area contributed by atoms with Gasteiger partial charge in [0.15, 0.2) is 0 Å². The van der Waals surface area contributed by atoms with Gasteiger partial charge in [-0.05, 0) is 43.9 Å². The van der Waals surface area contributed by atoms with E-state index in [-0.39, 0.29) is 41.0 Å². The van der Waals surface area contributed by atoms with Crippen molar-refractivity contribution in [2.45, 2.75) is 69.2 Å². The molecule has 0 N–H and O–H groups in total. The van der Waals surface area contributed by atoms with Crippen LogP contribution in [0.4, 0.5) is 4.79 Å². The van der Waals surface area contributed by atoms with Crippen LogP contribution < -0.4 is 0 Å².